The summed E-state index contributed by atoms with van der Waals surface area (Å²) in [6.07, 6.45) is -1.92. The van der Waals surface area contributed by atoms with E-state index in [0.717, 1.165) is 37.8 Å². The third-order valence-corrected chi connectivity index (χ3v) is 9.11. The molecule has 40 heavy (non-hydrogen) atoms. The number of likely N-dealkylation sites (tertiary alicyclic amines) is 1. The number of aliphatic imine (C=N–C) groups is 1. The van der Waals surface area contributed by atoms with Crippen molar-refractivity contribution in [1.29, 1.82) is 0 Å². The van der Waals surface area contributed by atoms with E-state index in [0.29, 0.717) is 30.7 Å². The van der Waals surface area contributed by atoms with Gasteiger partial charge in [0.25, 0.3) is 0 Å². The van der Waals surface area contributed by atoms with Crippen LogP contribution in [0.15, 0.2) is 23.2 Å². The van der Waals surface area contributed by atoms with E-state index < -0.39 is 30.9 Å². The molecule has 0 amide bonds. The molecule has 7 N–H and O–H groups in total. The molecule has 0 aromatic heterocycles. The van der Waals surface area contributed by atoms with E-state index in [9.17, 15) is 23.4 Å². The van der Waals surface area contributed by atoms with Crippen LogP contribution < -0.4 is 26.4 Å². The Bertz CT molecular complexity index is 1090. The Labute approximate surface area is 230 Å². The van der Waals surface area contributed by atoms with Gasteiger partial charge in [0.05, 0.1) is 30.0 Å². The molecule has 0 bridgehead atoms. The average Bonchev–Trinajstić information content (AvgIpc) is 3.54. The Hall–Kier alpha value is -2.36. The number of hydrogen-bond donors (Lipinski definition) is 6. The summed E-state index contributed by atoms with van der Waals surface area (Å²) in [5.41, 5.74) is 7.54. The number of nitrogens with one attached hydrogen (secondary N) is 3. The first-order valence-corrected chi connectivity index (χ1v) is 14.0. The van der Waals surface area contributed by atoms with Crippen LogP contribution in [0.5, 0.6) is 5.75 Å². The minimum absolute atomic E-state index is 0.0441. The number of nitrogens with two attached hydrogens (primary N) is 1. The maximum atomic E-state index is 12.5. The van der Waals surface area contributed by atoms with Gasteiger partial charge in [-0.05, 0) is 57.2 Å². The SMILES string of the molecule is CN(C[C@H]1O[C@@H](N2CCC3C(N)NC=NC32)[C@H](O)[C@@H]1O)[C@H]1C[C@H](CCC2Nc3ccc(OC(F)(F)F)cc3N2)C1. The van der Waals surface area contributed by atoms with Crippen LogP contribution in [-0.2, 0) is 4.74 Å². The monoisotopic (exact) mass is 569 g/mol. The number of anilines is 2. The summed E-state index contributed by atoms with van der Waals surface area (Å²) in [5.74, 6) is 0.436. The van der Waals surface area contributed by atoms with Crippen molar-refractivity contribution in [3.8, 4) is 5.75 Å². The topological polar surface area (TPSA) is 140 Å². The zero-order valence-corrected chi connectivity index (χ0v) is 22.3. The van der Waals surface area contributed by atoms with Crippen LogP contribution in [0, 0.1) is 11.8 Å². The molecule has 8 atom stereocenters. The Morgan fingerprint density at radius 3 is 2.73 bits per heavy atom. The van der Waals surface area contributed by atoms with Crippen molar-refractivity contribution in [3.05, 3.63) is 18.2 Å². The van der Waals surface area contributed by atoms with Gasteiger partial charge in [-0.1, -0.05) is 0 Å². The summed E-state index contributed by atoms with van der Waals surface area (Å²) < 4.78 is 47.7. The average molecular weight is 570 g/mol. The Morgan fingerprint density at radius 1 is 1.18 bits per heavy atom. The number of hydrogen-bond acceptors (Lipinski definition) is 11. The van der Waals surface area contributed by atoms with Crippen LogP contribution in [0.3, 0.4) is 0 Å². The van der Waals surface area contributed by atoms with Gasteiger partial charge in [-0.15, -0.1) is 13.2 Å². The molecule has 0 radical (unpaired) electrons. The number of ether oxygens (including phenoxy) is 2. The molecule has 11 nitrogen and oxygen atoms in total. The fraction of sp³-hybridized carbons (Fsp3) is 0.731. The second-order valence-corrected chi connectivity index (χ2v) is 11.7. The number of aliphatic hydroxyl groups is 2. The van der Waals surface area contributed by atoms with Gasteiger partial charge >= 0.3 is 6.36 Å². The second-order valence-electron chi connectivity index (χ2n) is 11.7. The standard InChI is InChI=1S/C26H38F3N7O4/c1-35(11-19-21(37)22(38)25(39-19)36-7-6-16-23(30)31-12-32-24(16)36)14-8-13(9-14)2-5-20-33-17-4-3-15(10-18(17)34-20)40-26(27,28)29/h3-4,10,12-14,16,19-25,33-34,37-38H,2,5-9,11,30H2,1H3,(H,31,32)/t13-,14-,16?,19-,20?,21-,22-,23?,24?,25-/m1/s1. The molecular weight excluding hydrogens is 531 g/mol. The van der Waals surface area contributed by atoms with Gasteiger partial charge < -0.3 is 46.3 Å². The van der Waals surface area contributed by atoms with E-state index in [1.54, 1.807) is 12.4 Å². The molecule has 4 aliphatic heterocycles. The number of benzene rings is 1. The predicted octanol–water partition coefficient (Wildman–Crippen LogP) is 1.25. The molecule has 1 aromatic carbocycles. The Kier molecular flexibility index (Phi) is 7.51. The zero-order valence-electron chi connectivity index (χ0n) is 22.3. The van der Waals surface area contributed by atoms with Crippen molar-refractivity contribution >= 4 is 17.7 Å². The molecule has 5 aliphatic rings. The lowest BCUT2D eigenvalue weighted by Gasteiger charge is -2.42. The van der Waals surface area contributed by atoms with Crippen molar-refractivity contribution in [2.24, 2.45) is 22.6 Å². The molecule has 0 spiro atoms. The van der Waals surface area contributed by atoms with Crippen LogP contribution in [0.25, 0.3) is 0 Å². The highest BCUT2D eigenvalue weighted by Crippen LogP contribution is 2.40. The highest BCUT2D eigenvalue weighted by Gasteiger charge is 2.52. The van der Waals surface area contributed by atoms with Crippen LogP contribution in [0.4, 0.5) is 24.5 Å². The van der Waals surface area contributed by atoms with E-state index in [4.69, 9.17) is 10.5 Å². The number of nitrogens with zero attached hydrogens (tertiary/aromatic N) is 3. The van der Waals surface area contributed by atoms with E-state index >= 15 is 0 Å². The minimum atomic E-state index is -4.72. The van der Waals surface area contributed by atoms with Gasteiger partial charge in [0.15, 0.2) is 0 Å². The molecule has 1 aliphatic carbocycles. The van der Waals surface area contributed by atoms with E-state index in [1.807, 2.05) is 11.9 Å². The summed E-state index contributed by atoms with van der Waals surface area (Å²) in [4.78, 5) is 8.74. The Morgan fingerprint density at radius 2 is 1.95 bits per heavy atom. The lowest BCUT2D eigenvalue weighted by Crippen LogP contribution is -2.54. The Balaban J connectivity index is 0.936. The van der Waals surface area contributed by atoms with Crippen molar-refractivity contribution in [1.82, 2.24) is 15.1 Å². The lowest BCUT2D eigenvalue weighted by molar-refractivity contribution is -0.274. The van der Waals surface area contributed by atoms with Crippen LogP contribution in [0.1, 0.15) is 32.1 Å². The molecule has 1 saturated carbocycles. The van der Waals surface area contributed by atoms with Crippen molar-refractivity contribution in [3.63, 3.8) is 0 Å². The first-order chi connectivity index (χ1) is 19.1. The van der Waals surface area contributed by atoms with Crippen molar-refractivity contribution < 1.29 is 32.9 Å². The van der Waals surface area contributed by atoms with Crippen molar-refractivity contribution in [2.75, 3.05) is 30.8 Å². The van der Waals surface area contributed by atoms with Gasteiger partial charge in [0, 0.05) is 31.1 Å². The third-order valence-electron chi connectivity index (χ3n) is 9.11. The molecule has 222 valence electrons. The first kappa shape index (κ1) is 27.8. The van der Waals surface area contributed by atoms with Gasteiger partial charge in [-0.25, -0.2) is 0 Å². The molecule has 6 rings (SSSR count). The van der Waals surface area contributed by atoms with Crippen LogP contribution in [-0.4, -0.2) is 102 Å². The van der Waals surface area contributed by atoms with Gasteiger partial charge in [-0.3, -0.25) is 9.89 Å². The lowest BCUT2D eigenvalue weighted by atomic mass is 9.76. The number of likely N-dealkylation sites (N-methyl/N-ethyl adjacent to an activating group) is 1. The maximum absolute atomic E-state index is 12.5. The molecule has 3 fully saturated rings. The molecular formula is C26H38F3N7O4. The summed E-state index contributed by atoms with van der Waals surface area (Å²) in [7, 11) is 2.02. The molecule has 14 heteroatoms. The maximum Gasteiger partial charge on any atom is 0.573 e. The number of halogens is 3. The van der Waals surface area contributed by atoms with Crippen LogP contribution >= 0.6 is 0 Å². The quantitative estimate of drug-likeness (QED) is 0.271. The number of fused-ring (bicyclic) bond motifs is 2. The first-order valence-electron chi connectivity index (χ1n) is 14.0. The summed E-state index contributed by atoms with van der Waals surface area (Å²) in [5, 5.41) is 31.2. The normalized spacial score (nSPS) is 38.8. The largest absolute Gasteiger partial charge is 0.573 e. The summed E-state index contributed by atoms with van der Waals surface area (Å²) >= 11 is 0. The minimum Gasteiger partial charge on any atom is -0.406 e. The van der Waals surface area contributed by atoms with E-state index in [1.165, 1.54) is 12.1 Å². The predicted molar refractivity (Wildman–Crippen MR) is 141 cm³/mol. The molecule has 2 saturated heterocycles. The number of aliphatic hydroxyl groups excluding tert-OH is 2. The highest BCUT2D eigenvalue weighted by molar-refractivity contribution is 5.75. The summed E-state index contributed by atoms with van der Waals surface area (Å²) in [6, 6.07) is 4.63. The summed E-state index contributed by atoms with van der Waals surface area (Å²) in [6.45, 7) is 1.21. The molecule has 1 aromatic rings. The van der Waals surface area contributed by atoms with Crippen molar-refractivity contribution in [2.45, 2.75) is 87.5 Å². The van der Waals surface area contributed by atoms with Crippen LogP contribution in [0.2, 0.25) is 0 Å². The van der Waals surface area contributed by atoms with Gasteiger partial charge in [-0.2, -0.15) is 0 Å². The van der Waals surface area contributed by atoms with E-state index in [2.05, 4.69) is 30.6 Å². The number of alkyl halides is 3. The van der Waals surface area contributed by atoms with E-state index in [-0.39, 0.29) is 30.2 Å². The molecule has 4 unspecified atom stereocenters. The number of rotatable bonds is 8. The smallest absolute Gasteiger partial charge is 0.406 e. The van der Waals surface area contributed by atoms with Gasteiger partial charge in [0.2, 0.25) is 0 Å². The van der Waals surface area contributed by atoms with Gasteiger partial charge in [0.1, 0.15) is 36.5 Å². The fourth-order valence-electron chi connectivity index (χ4n) is 6.80. The third kappa shape index (κ3) is 5.57. The zero-order chi connectivity index (χ0) is 28.2. The molecule has 4 heterocycles. The highest BCUT2D eigenvalue weighted by atomic mass is 19.4. The fourth-order valence-corrected chi connectivity index (χ4v) is 6.80. The second kappa shape index (κ2) is 10.8.